The fourth-order valence-corrected chi connectivity index (χ4v) is 3.81. The van der Waals surface area contributed by atoms with Crippen LogP contribution in [0.5, 0.6) is 0 Å². The molecule has 0 atom stereocenters. The lowest BCUT2D eigenvalue weighted by Crippen LogP contribution is -2.26. The van der Waals surface area contributed by atoms with E-state index in [1.54, 1.807) is 17.5 Å². The fourth-order valence-electron chi connectivity index (χ4n) is 2.81. The zero-order valence-corrected chi connectivity index (χ0v) is 15.1. The minimum absolute atomic E-state index is 0.0467. The van der Waals surface area contributed by atoms with Gasteiger partial charge in [-0.2, -0.15) is 10.2 Å². The van der Waals surface area contributed by atoms with Gasteiger partial charge < -0.3 is 5.73 Å². The predicted molar refractivity (Wildman–Crippen MR) is 103 cm³/mol. The standard InChI is InChI=1S/C18H17FN6OS/c19-6-12(7-20)9-25-18(26)24(11-22-25)10-15-2-4-17(27-15)13-1-3-16-14(5-13)8-21-23-16/h1-6,8,11H,7,9-10,20H2,(H,21,23)/b12-6+. The van der Waals surface area contributed by atoms with Crippen LogP contribution in [0.2, 0.25) is 0 Å². The quantitative estimate of drug-likeness (QED) is 0.534. The van der Waals surface area contributed by atoms with Crippen molar-refractivity contribution in [2.75, 3.05) is 6.54 Å². The fraction of sp³-hybridized carbons (Fsp3) is 0.167. The molecule has 1 aromatic carbocycles. The van der Waals surface area contributed by atoms with Crippen LogP contribution in [-0.2, 0) is 13.1 Å². The number of aromatic nitrogens is 5. The number of hydrogen-bond donors (Lipinski definition) is 2. The lowest BCUT2D eigenvalue weighted by atomic mass is 10.1. The van der Waals surface area contributed by atoms with Gasteiger partial charge >= 0.3 is 5.69 Å². The van der Waals surface area contributed by atoms with Crippen LogP contribution in [0.25, 0.3) is 21.3 Å². The molecule has 0 aliphatic heterocycles. The van der Waals surface area contributed by atoms with Crippen molar-refractivity contribution in [3.8, 4) is 10.4 Å². The zero-order chi connectivity index (χ0) is 18.8. The molecule has 27 heavy (non-hydrogen) atoms. The first-order valence-electron chi connectivity index (χ1n) is 8.30. The molecule has 0 aliphatic carbocycles. The van der Waals surface area contributed by atoms with Crippen LogP contribution < -0.4 is 11.4 Å². The number of hydrogen-bond acceptors (Lipinski definition) is 5. The SMILES string of the molecule is NC/C(=C\F)Cn1ncn(Cc2ccc(-c3ccc4[nH]ncc4c3)s2)c1=O. The van der Waals surface area contributed by atoms with Gasteiger partial charge in [0.1, 0.15) is 6.33 Å². The largest absolute Gasteiger partial charge is 0.346 e. The summed E-state index contributed by atoms with van der Waals surface area (Å²) in [6, 6.07) is 10.2. The Morgan fingerprint density at radius 3 is 3.04 bits per heavy atom. The van der Waals surface area contributed by atoms with Gasteiger partial charge in [0.15, 0.2) is 0 Å². The lowest BCUT2D eigenvalue weighted by Gasteiger charge is -2.01. The Morgan fingerprint density at radius 2 is 2.22 bits per heavy atom. The van der Waals surface area contributed by atoms with E-state index in [0.29, 0.717) is 18.4 Å². The summed E-state index contributed by atoms with van der Waals surface area (Å²) in [4.78, 5) is 14.5. The maximum Gasteiger partial charge on any atom is 0.346 e. The molecular formula is C18H17FN6OS. The minimum atomic E-state index is -0.294. The summed E-state index contributed by atoms with van der Waals surface area (Å²) in [6.45, 7) is 0.513. The van der Waals surface area contributed by atoms with Gasteiger partial charge in [0.05, 0.1) is 31.1 Å². The molecule has 0 saturated heterocycles. The molecule has 0 aliphatic rings. The molecule has 138 valence electrons. The number of nitrogens with two attached hydrogens (primary N) is 1. The Bertz CT molecular complexity index is 1170. The highest BCUT2D eigenvalue weighted by Crippen LogP contribution is 2.30. The van der Waals surface area contributed by atoms with Crippen LogP contribution >= 0.6 is 11.3 Å². The van der Waals surface area contributed by atoms with Crippen LogP contribution in [0, 0.1) is 0 Å². The molecule has 0 bridgehead atoms. The molecule has 3 heterocycles. The number of halogens is 1. The highest BCUT2D eigenvalue weighted by Gasteiger charge is 2.10. The van der Waals surface area contributed by atoms with Crippen molar-refractivity contribution in [2.45, 2.75) is 13.1 Å². The number of rotatable bonds is 6. The molecule has 4 aromatic rings. The van der Waals surface area contributed by atoms with Crippen LogP contribution in [0.1, 0.15) is 4.88 Å². The van der Waals surface area contributed by atoms with Crippen molar-refractivity contribution < 1.29 is 4.39 Å². The number of nitrogens with zero attached hydrogens (tertiary/aromatic N) is 4. The monoisotopic (exact) mass is 384 g/mol. The third kappa shape index (κ3) is 3.46. The van der Waals surface area contributed by atoms with E-state index in [9.17, 15) is 9.18 Å². The third-order valence-electron chi connectivity index (χ3n) is 4.28. The van der Waals surface area contributed by atoms with Gasteiger partial charge in [-0.15, -0.1) is 11.3 Å². The van der Waals surface area contributed by atoms with E-state index in [2.05, 4.69) is 21.4 Å². The first kappa shape index (κ1) is 17.4. The lowest BCUT2D eigenvalue weighted by molar-refractivity contribution is 0.604. The van der Waals surface area contributed by atoms with E-state index in [1.807, 2.05) is 24.3 Å². The van der Waals surface area contributed by atoms with E-state index >= 15 is 0 Å². The Balaban J connectivity index is 1.54. The van der Waals surface area contributed by atoms with Crippen molar-refractivity contribution in [1.29, 1.82) is 0 Å². The summed E-state index contributed by atoms with van der Waals surface area (Å²) in [6.07, 6.45) is 3.68. The number of H-pyrrole nitrogens is 1. The molecule has 3 N–H and O–H groups in total. The van der Waals surface area contributed by atoms with E-state index < -0.39 is 0 Å². The van der Waals surface area contributed by atoms with E-state index in [-0.39, 0.29) is 18.8 Å². The molecular weight excluding hydrogens is 367 g/mol. The molecule has 4 rings (SSSR count). The maximum atomic E-state index is 12.7. The van der Waals surface area contributed by atoms with Crippen LogP contribution in [0.15, 0.2) is 59.6 Å². The molecule has 0 unspecified atom stereocenters. The normalized spacial score (nSPS) is 12.1. The van der Waals surface area contributed by atoms with Crippen molar-refractivity contribution in [1.82, 2.24) is 24.5 Å². The Morgan fingerprint density at radius 1 is 1.33 bits per heavy atom. The molecule has 0 radical (unpaired) electrons. The Labute approximate surface area is 157 Å². The summed E-state index contributed by atoms with van der Waals surface area (Å²) in [5.74, 6) is 0. The maximum absolute atomic E-state index is 12.7. The average Bonchev–Trinajstić information content (AvgIpc) is 3.41. The van der Waals surface area contributed by atoms with E-state index in [0.717, 1.165) is 26.2 Å². The molecule has 0 fully saturated rings. The van der Waals surface area contributed by atoms with Crippen LogP contribution in [0.4, 0.5) is 4.39 Å². The summed E-state index contributed by atoms with van der Waals surface area (Å²) >= 11 is 1.61. The molecule has 9 heteroatoms. The topological polar surface area (TPSA) is 94.5 Å². The van der Waals surface area contributed by atoms with Gasteiger partial charge in [-0.25, -0.2) is 13.9 Å². The number of fused-ring (bicyclic) bond motifs is 1. The van der Waals surface area contributed by atoms with Gasteiger partial charge in [0.25, 0.3) is 0 Å². The number of thiophene rings is 1. The van der Waals surface area contributed by atoms with Crippen LogP contribution in [-0.4, -0.2) is 31.1 Å². The smallest absolute Gasteiger partial charge is 0.327 e. The molecule has 7 nitrogen and oxygen atoms in total. The molecule has 3 aromatic heterocycles. The number of benzene rings is 1. The Hall–Kier alpha value is -3.04. The second kappa shape index (κ2) is 7.29. The molecule has 0 saturated carbocycles. The van der Waals surface area contributed by atoms with Crippen molar-refractivity contribution in [3.63, 3.8) is 0 Å². The van der Waals surface area contributed by atoms with E-state index in [1.165, 1.54) is 15.6 Å². The highest BCUT2D eigenvalue weighted by atomic mass is 32.1. The summed E-state index contributed by atoms with van der Waals surface area (Å²) in [7, 11) is 0. The van der Waals surface area contributed by atoms with Gasteiger partial charge in [0.2, 0.25) is 0 Å². The van der Waals surface area contributed by atoms with Crippen molar-refractivity contribution >= 4 is 22.2 Å². The first-order chi connectivity index (χ1) is 13.2. The van der Waals surface area contributed by atoms with Gasteiger partial charge in [0, 0.05) is 21.7 Å². The third-order valence-corrected chi connectivity index (χ3v) is 5.40. The van der Waals surface area contributed by atoms with Crippen LogP contribution in [0.3, 0.4) is 0 Å². The number of nitrogens with one attached hydrogen (secondary N) is 1. The van der Waals surface area contributed by atoms with Gasteiger partial charge in [-0.1, -0.05) is 6.07 Å². The molecule has 0 amide bonds. The summed E-state index contributed by atoms with van der Waals surface area (Å²) in [5, 5.41) is 12.1. The predicted octanol–water partition coefficient (Wildman–Crippen LogP) is 2.51. The second-order valence-electron chi connectivity index (χ2n) is 6.11. The van der Waals surface area contributed by atoms with Crippen molar-refractivity contribution in [3.05, 3.63) is 70.1 Å². The first-order valence-corrected chi connectivity index (χ1v) is 9.12. The zero-order valence-electron chi connectivity index (χ0n) is 14.3. The van der Waals surface area contributed by atoms with Gasteiger partial charge in [-0.05, 0) is 35.4 Å². The summed E-state index contributed by atoms with van der Waals surface area (Å²) in [5.41, 5.74) is 7.55. The van der Waals surface area contributed by atoms with E-state index in [4.69, 9.17) is 5.73 Å². The molecule has 0 spiro atoms. The minimum Gasteiger partial charge on any atom is -0.327 e. The van der Waals surface area contributed by atoms with Gasteiger partial charge in [-0.3, -0.25) is 9.67 Å². The number of aromatic amines is 1. The summed E-state index contributed by atoms with van der Waals surface area (Å²) < 4.78 is 15.4. The Kier molecular flexibility index (Phi) is 4.69. The highest BCUT2D eigenvalue weighted by molar-refractivity contribution is 7.15. The average molecular weight is 384 g/mol. The second-order valence-corrected chi connectivity index (χ2v) is 7.28. The van der Waals surface area contributed by atoms with Crippen molar-refractivity contribution in [2.24, 2.45) is 5.73 Å².